The van der Waals surface area contributed by atoms with E-state index in [1.54, 1.807) is 0 Å². The first kappa shape index (κ1) is 12.6. The summed E-state index contributed by atoms with van der Waals surface area (Å²) in [5.41, 5.74) is 7.62. The van der Waals surface area contributed by atoms with E-state index in [9.17, 15) is 0 Å². The van der Waals surface area contributed by atoms with Crippen molar-refractivity contribution in [1.29, 1.82) is 0 Å². The highest BCUT2D eigenvalue weighted by molar-refractivity contribution is 5.21. The summed E-state index contributed by atoms with van der Waals surface area (Å²) in [6.45, 7) is 6.21. The molecule has 2 N–H and O–H groups in total. The molecule has 96 valence electrons. The zero-order chi connectivity index (χ0) is 12.3. The maximum absolute atomic E-state index is 6.04. The second-order valence-corrected chi connectivity index (χ2v) is 5.89. The topological polar surface area (TPSA) is 43.8 Å². The van der Waals surface area contributed by atoms with Gasteiger partial charge in [0.25, 0.3) is 0 Å². The summed E-state index contributed by atoms with van der Waals surface area (Å²) >= 11 is 0. The molecule has 2 rings (SSSR count). The normalized spacial score (nSPS) is 19.8. The van der Waals surface area contributed by atoms with Crippen LogP contribution in [0.15, 0.2) is 12.4 Å². The second-order valence-electron chi connectivity index (χ2n) is 5.89. The maximum Gasteiger partial charge on any atom is 0.0527 e. The summed E-state index contributed by atoms with van der Waals surface area (Å²) in [4.78, 5) is 0. The summed E-state index contributed by atoms with van der Waals surface area (Å²) in [5, 5.41) is 4.49. The lowest BCUT2D eigenvalue weighted by Gasteiger charge is -2.35. The van der Waals surface area contributed by atoms with Crippen molar-refractivity contribution in [2.45, 2.75) is 57.9 Å². The van der Waals surface area contributed by atoms with Crippen molar-refractivity contribution in [2.24, 2.45) is 11.7 Å². The van der Waals surface area contributed by atoms with Gasteiger partial charge in [0.15, 0.2) is 0 Å². The van der Waals surface area contributed by atoms with Gasteiger partial charge in [-0.15, -0.1) is 0 Å². The fourth-order valence-corrected chi connectivity index (χ4v) is 2.95. The molecular formula is C14H25N3. The average molecular weight is 235 g/mol. The van der Waals surface area contributed by atoms with E-state index < -0.39 is 0 Å². The Morgan fingerprint density at radius 3 is 2.65 bits per heavy atom. The molecule has 3 heteroatoms. The first-order chi connectivity index (χ1) is 8.16. The molecule has 1 aliphatic carbocycles. The van der Waals surface area contributed by atoms with E-state index in [0.29, 0.717) is 5.92 Å². The van der Waals surface area contributed by atoms with Gasteiger partial charge in [-0.2, -0.15) is 5.10 Å². The van der Waals surface area contributed by atoms with Crippen LogP contribution in [0.25, 0.3) is 0 Å². The standard InChI is InChI=1S/C14H25N3/c1-12(2)9-17-10-13(8-16-17)14(11-15)6-4-3-5-7-14/h8,10,12H,3-7,9,11,15H2,1-2H3. The predicted octanol–water partition coefficient (Wildman–Crippen LogP) is 2.70. The van der Waals surface area contributed by atoms with Gasteiger partial charge in [0, 0.05) is 24.7 Å². The van der Waals surface area contributed by atoms with Crippen molar-refractivity contribution in [3.05, 3.63) is 18.0 Å². The molecule has 0 amide bonds. The summed E-state index contributed by atoms with van der Waals surface area (Å²) in [7, 11) is 0. The molecule has 0 bridgehead atoms. The monoisotopic (exact) mass is 235 g/mol. The Morgan fingerprint density at radius 2 is 2.06 bits per heavy atom. The molecule has 3 nitrogen and oxygen atoms in total. The first-order valence-electron chi connectivity index (χ1n) is 6.89. The van der Waals surface area contributed by atoms with Gasteiger partial charge in [-0.25, -0.2) is 0 Å². The largest absolute Gasteiger partial charge is 0.330 e. The molecule has 1 aromatic heterocycles. The van der Waals surface area contributed by atoms with Crippen molar-refractivity contribution in [2.75, 3.05) is 6.54 Å². The molecule has 1 saturated carbocycles. The molecule has 0 unspecified atom stereocenters. The van der Waals surface area contributed by atoms with Crippen LogP contribution in [-0.2, 0) is 12.0 Å². The number of nitrogens with zero attached hydrogens (tertiary/aromatic N) is 2. The molecule has 0 aliphatic heterocycles. The van der Waals surface area contributed by atoms with E-state index in [1.165, 1.54) is 37.7 Å². The van der Waals surface area contributed by atoms with Gasteiger partial charge >= 0.3 is 0 Å². The van der Waals surface area contributed by atoms with Gasteiger partial charge in [-0.1, -0.05) is 33.1 Å². The van der Waals surface area contributed by atoms with E-state index in [2.05, 4.69) is 29.8 Å². The Balaban J connectivity index is 2.16. The van der Waals surface area contributed by atoms with Gasteiger partial charge < -0.3 is 5.73 Å². The average Bonchev–Trinajstić information content (AvgIpc) is 2.78. The van der Waals surface area contributed by atoms with Gasteiger partial charge in [-0.3, -0.25) is 4.68 Å². The molecule has 1 aromatic rings. The van der Waals surface area contributed by atoms with Crippen molar-refractivity contribution in [3.8, 4) is 0 Å². The molecule has 0 spiro atoms. The minimum Gasteiger partial charge on any atom is -0.330 e. The van der Waals surface area contributed by atoms with E-state index in [-0.39, 0.29) is 5.41 Å². The highest BCUT2D eigenvalue weighted by atomic mass is 15.3. The molecule has 0 saturated heterocycles. The van der Waals surface area contributed by atoms with Gasteiger partial charge in [0.05, 0.1) is 6.20 Å². The van der Waals surface area contributed by atoms with E-state index in [1.807, 2.05) is 6.20 Å². The van der Waals surface area contributed by atoms with Crippen molar-refractivity contribution in [3.63, 3.8) is 0 Å². The summed E-state index contributed by atoms with van der Waals surface area (Å²) < 4.78 is 2.08. The third kappa shape index (κ3) is 2.71. The quantitative estimate of drug-likeness (QED) is 0.872. The Labute approximate surface area is 104 Å². The lowest BCUT2D eigenvalue weighted by molar-refractivity contribution is 0.300. The minimum absolute atomic E-state index is 0.216. The molecule has 1 aliphatic rings. The van der Waals surface area contributed by atoms with E-state index in [0.717, 1.165) is 13.1 Å². The number of nitrogens with two attached hydrogens (primary N) is 1. The summed E-state index contributed by atoms with van der Waals surface area (Å²) in [5.74, 6) is 0.642. The molecule has 0 atom stereocenters. The summed E-state index contributed by atoms with van der Waals surface area (Å²) in [6, 6.07) is 0. The maximum atomic E-state index is 6.04. The van der Waals surface area contributed by atoms with Crippen molar-refractivity contribution in [1.82, 2.24) is 9.78 Å². The zero-order valence-corrected chi connectivity index (χ0v) is 11.2. The van der Waals surface area contributed by atoms with Crippen LogP contribution in [-0.4, -0.2) is 16.3 Å². The third-order valence-corrected chi connectivity index (χ3v) is 4.00. The van der Waals surface area contributed by atoms with Crippen LogP contribution < -0.4 is 5.73 Å². The number of aromatic nitrogens is 2. The van der Waals surface area contributed by atoms with E-state index in [4.69, 9.17) is 5.73 Å². The van der Waals surface area contributed by atoms with Gasteiger partial charge in [0.2, 0.25) is 0 Å². The summed E-state index contributed by atoms with van der Waals surface area (Å²) in [6.07, 6.45) is 10.7. The lowest BCUT2D eigenvalue weighted by Crippen LogP contribution is -2.36. The molecular weight excluding hydrogens is 210 g/mol. The molecule has 17 heavy (non-hydrogen) atoms. The minimum atomic E-state index is 0.216. The van der Waals surface area contributed by atoms with Crippen LogP contribution in [0.5, 0.6) is 0 Å². The highest BCUT2D eigenvalue weighted by Crippen LogP contribution is 2.38. The highest BCUT2D eigenvalue weighted by Gasteiger charge is 2.33. The van der Waals surface area contributed by atoms with Gasteiger partial charge in [-0.05, 0) is 24.3 Å². The Morgan fingerprint density at radius 1 is 1.35 bits per heavy atom. The molecule has 1 heterocycles. The fraction of sp³-hybridized carbons (Fsp3) is 0.786. The van der Waals surface area contributed by atoms with Crippen LogP contribution in [0, 0.1) is 5.92 Å². The first-order valence-corrected chi connectivity index (χ1v) is 6.89. The lowest BCUT2D eigenvalue weighted by atomic mass is 9.70. The molecule has 0 aromatic carbocycles. The Kier molecular flexibility index (Phi) is 3.87. The van der Waals surface area contributed by atoms with E-state index >= 15 is 0 Å². The predicted molar refractivity (Wildman–Crippen MR) is 70.9 cm³/mol. The molecule has 0 radical (unpaired) electrons. The fourth-order valence-electron chi connectivity index (χ4n) is 2.95. The third-order valence-electron chi connectivity index (χ3n) is 4.00. The van der Waals surface area contributed by atoms with Gasteiger partial charge in [0.1, 0.15) is 0 Å². The number of hydrogen-bond donors (Lipinski definition) is 1. The zero-order valence-electron chi connectivity index (χ0n) is 11.2. The van der Waals surface area contributed by atoms with Crippen molar-refractivity contribution < 1.29 is 0 Å². The SMILES string of the molecule is CC(C)Cn1cc(C2(CN)CCCCC2)cn1. The van der Waals surface area contributed by atoms with Crippen LogP contribution in [0.2, 0.25) is 0 Å². The Bertz CT molecular complexity index is 348. The van der Waals surface area contributed by atoms with Crippen LogP contribution in [0.4, 0.5) is 0 Å². The smallest absolute Gasteiger partial charge is 0.0527 e. The number of rotatable bonds is 4. The van der Waals surface area contributed by atoms with Crippen LogP contribution in [0.1, 0.15) is 51.5 Å². The molecule has 1 fully saturated rings. The van der Waals surface area contributed by atoms with Crippen LogP contribution >= 0.6 is 0 Å². The number of hydrogen-bond acceptors (Lipinski definition) is 2. The Hall–Kier alpha value is -0.830. The van der Waals surface area contributed by atoms with Crippen LogP contribution in [0.3, 0.4) is 0 Å². The second kappa shape index (κ2) is 5.21. The van der Waals surface area contributed by atoms with Crippen molar-refractivity contribution >= 4 is 0 Å².